The van der Waals surface area contributed by atoms with E-state index in [9.17, 15) is 4.39 Å². The number of nitrogens with zero attached hydrogens (tertiary/aromatic N) is 3. The van der Waals surface area contributed by atoms with Gasteiger partial charge in [0.05, 0.1) is 0 Å². The first-order valence-electron chi connectivity index (χ1n) is 4.56. The van der Waals surface area contributed by atoms with Gasteiger partial charge in [-0.05, 0) is 38.5 Å². The van der Waals surface area contributed by atoms with E-state index in [1.54, 1.807) is 6.07 Å². The minimum atomic E-state index is -0.962. The van der Waals surface area contributed by atoms with Gasteiger partial charge in [-0.2, -0.15) is 0 Å². The molecule has 1 atom stereocenters. The van der Waals surface area contributed by atoms with Gasteiger partial charge in [0, 0.05) is 5.69 Å². The highest BCUT2D eigenvalue weighted by Gasteiger charge is 2.09. The molecule has 2 rings (SSSR count). The number of rotatable bonds is 1. The van der Waals surface area contributed by atoms with E-state index in [0.29, 0.717) is 11.2 Å². The molecule has 0 bridgehead atoms. The van der Waals surface area contributed by atoms with Gasteiger partial charge in [0.25, 0.3) is 0 Å². The Morgan fingerprint density at radius 2 is 2.00 bits per heavy atom. The Labute approximate surface area is 81.6 Å². The third kappa shape index (κ3) is 1.27. The molecular formula is C10H12FN3. The zero-order chi connectivity index (χ0) is 10.3. The van der Waals surface area contributed by atoms with Gasteiger partial charge in [-0.25, -0.2) is 4.39 Å². The molecule has 0 amide bonds. The maximum Gasteiger partial charge on any atom is 0.161 e. The lowest BCUT2D eigenvalue weighted by molar-refractivity contribution is 0.374. The van der Waals surface area contributed by atoms with Crippen LogP contribution in [0.4, 0.5) is 4.39 Å². The first kappa shape index (κ1) is 9.12. The van der Waals surface area contributed by atoms with Crippen LogP contribution in [-0.4, -0.2) is 14.6 Å². The Morgan fingerprint density at radius 3 is 2.64 bits per heavy atom. The molecule has 0 aromatic carbocycles. The molecule has 0 aliphatic carbocycles. The first-order valence-corrected chi connectivity index (χ1v) is 4.56. The summed E-state index contributed by atoms with van der Waals surface area (Å²) in [5.41, 5.74) is 2.33. The van der Waals surface area contributed by atoms with Gasteiger partial charge in [-0.3, -0.25) is 4.40 Å². The predicted molar refractivity (Wildman–Crippen MR) is 52.0 cm³/mol. The van der Waals surface area contributed by atoms with Crippen molar-refractivity contribution >= 4 is 5.65 Å². The second kappa shape index (κ2) is 3.04. The number of hydrogen-bond acceptors (Lipinski definition) is 2. The largest absolute Gasteiger partial charge is 0.284 e. The lowest BCUT2D eigenvalue weighted by atomic mass is 10.1. The zero-order valence-corrected chi connectivity index (χ0v) is 8.45. The van der Waals surface area contributed by atoms with E-state index < -0.39 is 6.17 Å². The highest BCUT2D eigenvalue weighted by atomic mass is 19.1. The summed E-state index contributed by atoms with van der Waals surface area (Å²) in [4.78, 5) is 0. The Morgan fingerprint density at radius 1 is 1.29 bits per heavy atom. The summed E-state index contributed by atoms with van der Waals surface area (Å²) in [6, 6.07) is 3.56. The number of aryl methyl sites for hydroxylation is 2. The van der Waals surface area contributed by atoms with Crippen LogP contribution in [0, 0.1) is 13.8 Å². The van der Waals surface area contributed by atoms with Crippen molar-refractivity contribution in [2.45, 2.75) is 26.9 Å². The molecular weight excluding hydrogens is 181 g/mol. The van der Waals surface area contributed by atoms with Crippen molar-refractivity contribution in [2.24, 2.45) is 0 Å². The fourth-order valence-corrected chi connectivity index (χ4v) is 1.63. The number of fused-ring (bicyclic) bond motifs is 1. The van der Waals surface area contributed by atoms with E-state index >= 15 is 0 Å². The summed E-state index contributed by atoms with van der Waals surface area (Å²) in [5, 5.41) is 7.92. The zero-order valence-electron chi connectivity index (χ0n) is 8.45. The van der Waals surface area contributed by atoms with Crippen molar-refractivity contribution in [1.82, 2.24) is 14.6 Å². The lowest BCUT2D eigenvalue weighted by Crippen LogP contribution is -1.97. The minimum absolute atomic E-state index is 0.655. The molecule has 74 valence electrons. The lowest BCUT2D eigenvalue weighted by Gasteiger charge is -2.06. The van der Waals surface area contributed by atoms with Crippen molar-refractivity contribution in [1.29, 1.82) is 0 Å². The van der Waals surface area contributed by atoms with E-state index in [1.807, 2.05) is 24.3 Å². The van der Waals surface area contributed by atoms with Gasteiger partial charge in [-0.15, -0.1) is 10.2 Å². The summed E-state index contributed by atoms with van der Waals surface area (Å²) in [6.07, 6.45) is -0.962. The van der Waals surface area contributed by atoms with Gasteiger partial charge >= 0.3 is 0 Å². The van der Waals surface area contributed by atoms with Gasteiger partial charge in [0.2, 0.25) is 0 Å². The molecule has 0 unspecified atom stereocenters. The number of hydrogen-bond donors (Lipinski definition) is 0. The summed E-state index contributed by atoms with van der Waals surface area (Å²) in [6.45, 7) is 5.33. The van der Waals surface area contributed by atoms with E-state index in [2.05, 4.69) is 10.2 Å². The molecule has 2 aromatic heterocycles. The molecule has 0 radical (unpaired) electrons. The Hall–Kier alpha value is -1.45. The molecule has 2 heterocycles. The summed E-state index contributed by atoms with van der Waals surface area (Å²) < 4.78 is 15.0. The molecule has 0 N–H and O–H groups in total. The normalized spacial score (nSPS) is 13.4. The first-order chi connectivity index (χ1) is 6.59. The highest BCUT2D eigenvalue weighted by molar-refractivity contribution is 5.44. The molecule has 0 aliphatic heterocycles. The average molecular weight is 193 g/mol. The van der Waals surface area contributed by atoms with Crippen LogP contribution in [0.15, 0.2) is 12.1 Å². The maximum absolute atomic E-state index is 13.1. The van der Waals surface area contributed by atoms with Crippen LogP contribution in [0.2, 0.25) is 0 Å². The van der Waals surface area contributed by atoms with E-state index in [4.69, 9.17) is 0 Å². The quantitative estimate of drug-likeness (QED) is 0.696. The number of alkyl halides is 1. The standard InChI is InChI=1S/C10H12FN3/c1-6-4-9(7(2)11)5-10-13-12-8(3)14(6)10/h4-5,7H,1-3H3/t7-/m1/s1. The highest BCUT2D eigenvalue weighted by Crippen LogP contribution is 2.20. The van der Waals surface area contributed by atoms with Gasteiger partial charge in [-0.1, -0.05) is 0 Å². The van der Waals surface area contributed by atoms with E-state index in [0.717, 1.165) is 11.5 Å². The molecule has 4 heteroatoms. The monoisotopic (exact) mass is 193 g/mol. The SMILES string of the molecule is Cc1cc([C@@H](C)F)cc2nnc(C)n12. The molecule has 0 aliphatic rings. The molecule has 0 saturated carbocycles. The van der Waals surface area contributed by atoms with Crippen molar-refractivity contribution in [3.8, 4) is 0 Å². The van der Waals surface area contributed by atoms with Crippen LogP contribution in [0.1, 0.15) is 30.2 Å². The Kier molecular flexibility index (Phi) is 1.98. The fraction of sp³-hybridized carbons (Fsp3) is 0.400. The number of pyridine rings is 1. The summed E-state index contributed by atoms with van der Waals surface area (Å²) in [5.74, 6) is 0.829. The molecule has 0 fully saturated rings. The van der Waals surface area contributed by atoms with Crippen molar-refractivity contribution in [3.63, 3.8) is 0 Å². The maximum atomic E-state index is 13.1. The van der Waals surface area contributed by atoms with Crippen LogP contribution < -0.4 is 0 Å². The van der Waals surface area contributed by atoms with Crippen LogP contribution in [0.3, 0.4) is 0 Å². The Balaban J connectivity index is 2.74. The van der Waals surface area contributed by atoms with E-state index in [1.165, 1.54) is 6.92 Å². The van der Waals surface area contributed by atoms with Crippen LogP contribution in [0.25, 0.3) is 5.65 Å². The van der Waals surface area contributed by atoms with Crippen LogP contribution >= 0.6 is 0 Å². The molecule has 2 aromatic rings. The fourth-order valence-electron chi connectivity index (χ4n) is 1.63. The molecule has 0 spiro atoms. The molecule has 14 heavy (non-hydrogen) atoms. The summed E-state index contributed by atoms with van der Waals surface area (Å²) >= 11 is 0. The Bertz CT molecular complexity index is 473. The van der Waals surface area contributed by atoms with Crippen molar-refractivity contribution < 1.29 is 4.39 Å². The third-order valence-electron chi connectivity index (χ3n) is 2.33. The van der Waals surface area contributed by atoms with Gasteiger partial charge < -0.3 is 0 Å². The molecule has 3 nitrogen and oxygen atoms in total. The predicted octanol–water partition coefficient (Wildman–Crippen LogP) is 2.38. The smallest absolute Gasteiger partial charge is 0.161 e. The van der Waals surface area contributed by atoms with E-state index in [-0.39, 0.29) is 0 Å². The van der Waals surface area contributed by atoms with Crippen molar-refractivity contribution in [3.05, 3.63) is 29.2 Å². The second-order valence-electron chi connectivity index (χ2n) is 3.49. The van der Waals surface area contributed by atoms with Crippen LogP contribution in [0.5, 0.6) is 0 Å². The van der Waals surface area contributed by atoms with Crippen LogP contribution in [-0.2, 0) is 0 Å². The topological polar surface area (TPSA) is 30.2 Å². The number of halogens is 1. The summed E-state index contributed by atoms with van der Waals surface area (Å²) in [7, 11) is 0. The average Bonchev–Trinajstić information content (AvgIpc) is 2.48. The van der Waals surface area contributed by atoms with Crippen molar-refractivity contribution in [2.75, 3.05) is 0 Å². The minimum Gasteiger partial charge on any atom is -0.284 e. The third-order valence-corrected chi connectivity index (χ3v) is 2.33. The molecule has 0 saturated heterocycles. The van der Waals surface area contributed by atoms with Gasteiger partial charge in [0.1, 0.15) is 12.0 Å². The second-order valence-corrected chi connectivity index (χ2v) is 3.49. The number of aromatic nitrogens is 3. The van der Waals surface area contributed by atoms with Gasteiger partial charge in [0.15, 0.2) is 5.65 Å².